The number of benzene rings is 3. The van der Waals surface area contributed by atoms with Crippen molar-refractivity contribution in [1.82, 2.24) is 18.8 Å². The van der Waals surface area contributed by atoms with Crippen molar-refractivity contribution in [3.05, 3.63) is 89.0 Å². The third kappa shape index (κ3) is 6.14. The maximum absolute atomic E-state index is 13.9. The number of hydrogen-bond donors (Lipinski definition) is 0. The van der Waals surface area contributed by atoms with Crippen LogP contribution in [0.15, 0.2) is 82.5 Å². The molecule has 3 aromatic carbocycles. The molecule has 1 aliphatic rings. The zero-order chi connectivity index (χ0) is 29.0. The summed E-state index contributed by atoms with van der Waals surface area (Å²) in [6.45, 7) is 1.56. The Labute approximate surface area is 241 Å². The fraction of sp³-hybridized carbons (Fsp3) is 0.355. The molecule has 1 fully saturated rings. The van der Waals surface area contributed by atoms with Gasteiger partial charge in [0.25, 0.3) is 5.56 Å². The fourth-order valence-corrected chi connectivity index (χ4v) is 6.91. The second-order valence-corrected chi connectivity index (χ2v) is 12.2. The molecule has 0 N–H and O–H groups in total. The lowest BCUT2D eigenvalue weighted by Gasteiger charge is -2.26. The van der Waals surface area contributed by atoms with Gasteiger partial charge in [0.05, 0.1) is 35.7 Å². The van der Waals surface area contributed by atoms with Crippen LogP contribution in [0.5, 0.6) is 11.5 Å². The second-order valence-electron chi connectivity index (χ2n) is 10.3. The third-order valence-corrected chi connectivity index (χ3v) is 9.75. The van der Waals surface area contributed by atoms with Crippen molar-refractivity contribution >= 4 is 20.9 Å². The highest BCUT2D eigenvalue weighted by Crippen LogP contribution is 2.24. The molecule has 5 rings (SSSR count). The molecule has 0 radical (unpaired) electrons. The number of hydrogen-bond acceptors (Lipinski definition) is 7. The standard InChI is InChI=1S/C31H36N4O5S/c1-33-20-6-7-23(33)18-21-34(41(37,38)27-16-14-26(40-3)15-17-27)22-19-30-32-29-9-5-4-8-28(29)31(36)35(30)24-10-12-25(39-2)13-11-24/h4-5,8-17,23H,6-7,18-22H2,1-3H3. The molecule has 0 spiro atoms. The minimum Gasteiger partial charge on any atom is -0.497 e. The van der Waals surface area contributed by atoms with E-state index >= 15 is 0 Å². The molecule has 9 nitrogen and oxygen atoms in total. The molecule has 1 aliphatic heterocycles. The number of nitrogens with zero attached hydrogens (tertiary/aromatic N) is 4. The molecule has 1 atom stereocenters. The van der Waals surface area contributed by atoms with E-state index in [0.29, 0.717) is 46.5 Å². The van der Waals surface area contributed by atoms with Gasteiger partial charge >= 0.3 is 0 Å². The molecule has 41 heavy (non-hydrogen) atoms. The molecule has 0 bridgehead atoms. The van der Waals surface area contributed by atoms with Gasteiger partial charge in [0.1, 0.15) is 17.3 Å². The van der Waals surface area contributed by atoms with Gasteiger partial charge in [-0.05, 0) is 93.5 Å². The van der Waals surface area contributed by atoms with Gasteiger partial charge in [-0.15, -0.1) is 0 Å². The van der Waals surface area contributed by atoms with Gasteiger partial charge in [0.15, 0.2) is 0 Å². The first-order valence-corrected chi connectivity index (χ1v) is 15.3. The van der Waals surface area contributed by atoms with E-state index in [1.54, 1.807) is 67.3 Å². The van der Waals surface area contributed by atoms with E-state index in [4.69, 9.17) is 14.5 Å². The number of fused-ring (bicyclic) bond motifs is 1. The highest BCUT2D eigenvalue weighted by atomic mass is 32.2. The summed E-state index contributed by atoms with van der Waals surface area (Å²) >= 11 is 0. The number of para-hydroxylation sites is 1. The molecule has 1 unspecified atom stereocenters. The monoisotopic (exact) mass is 576 g/mol. The third-order valence-electron chi connectivity index (χ3n) is 7.84. The van der Waals surface area contributed by atoms with Crippen molar-refractivity contribution in [3.63, 3.8) is 0 Å². The Morgan fingerprint density at radius 2 is 1.59 bits per heavy atom. The number of aromatic nitrogens is 2. The van der Waals surface area contributed by atoms with Gasteiger partial charge in [-0.1, -0.05) is 12.1 Å². The highest BCUT2D eigenvalue weighted by Gasteiger charge is 2.28. The summed E-state index contributed by atoms with van der Waals surface area (Å²) in [5, 5.41) is 0.499. The lowest BCUT2D eigenvalue weighted by atomic mass is 10.1. The number of rotatable bonds is 11. The maximum atomic E-state index is 13.9. The van der Waals surface area contributed by atoms with E-state index in [1.807, 2.05) is 24.3 Å². The van der Waals surface area contributed by atoms with Crippen LogP contribution in [-0.4, -0.2) is 74.1 Å². The van der Waals surface area contributed by atoms with E-state index in [9.17, 15) is 13.2 Å². The van der Waals surface area contributed by atoms with Crippen molar-refractivity contribution in [3.8, 4) is 17.2 Å². The van der Waals surface area contributed by atoms with Crippen LogP contribution in [0.25, 0.3) is 16.6 Å². The Morgan fingerprint density at radius 1 is 0.927 bits per heavy atom. The quantitative estimate of drug-likeness (QED) is 0.265. The largest absolute Gasteiger partial charge is 0.497 e. The van der Waals surface area contributed by atoms with Crippen LogP contribution in [0.2, 0.25) is 0 Å². The molecular weight excluding hydrogens is 540 g/mol. The van der Waals surface area contributed by atoms with Crippen LogP contribution >= 0.6 is 0 Å². The Morgan fingerprint density at radius 3 is 2.22 bits per heavy atom. The van der Waals surface area contributed by atoms with Crippen LogP contribution < -0.4 is 15.0 Å². The summed E-state index contributed by atoms with van der Waals surface area (Å²) in [5.41, 5.74) is 1.02. The fourth-order valence-electron chi connectivity index (χ4n) is 5.45. The smallest absolute Gasteiger partial charge is 0.265 e. The first-order valence-electron chi connectivity index (χ1n) is 13.8. The summed E-state index contributed by atoms with van der Waals surface area (Å²) in [6.07, 6.45) is 3.14. The first-order chi connectivity index (χ1) is 19.8. The van der Waals surface area contributed by atoms with Gasteiger partial charge in [-0.3, -0.25) is 9.36 Å². The van der Waals surface area contributed by atoms with Gasteiger partial charge in [0, 0.05) is 25.6 Å². The summed E-state index contributed by atoms with van der Waals surface area (Å²) < 4.78 is 41.5. The van der Waals surface area contributed by atoms with E-state index in [2.05, 4.69) is 11.9 Å². The normalized spacial score (nSPS) is 16.0. The van der Waals surface area contributed by atoms with E-state index in [-0.39, 0.29) is 23.4 Å². The number of sulfonamides is 1. The molecule has 10 heteroatoms. The van der Waals surface area contributed by atoms with Crippen LogP contribution in [0, 0.1) is 0 Å². The van der Waals surface area contributed by atoms with Crippen molar-refractivity contribution in [2.45, 2.75) is 36.6 Å². The van der Waals surface area contributed by atoms with Crippen molar-refractivity contribution in [2.24, 2.45) is 0 Å². The molecule has 0 aliphatic carbocycles. The zero-order valence-electron chi connectivity index (χ0n) is 23.7. The Hall–Kier alpha value is -3.73. The lowest BCUT2D eigenvalue weighted by molar-refractivity contribution is 0.273. The van der Waals surface area contributed by atoms with Crippen LogP contribution in [-0.2, 0) is 16.4 Å². The topological polar surface area (TPSA) is 94.0 Å². The molecule has 0 saturated carbocycles. The van der Waals surface area contributed by atoms with Crippen LogP contribution in [0.4, 0.5) is 0 Å². The second kappa shape index (κ2) is 12.4. The minimum atomic E-state index is -3.82. The van der Waals surface area contributed by atoms with Crippen LogP contribution in [0.3, 0.4) is 0 Å². The molecule has 1 aromatic heterocycles. The van der Waals surface area contributed by atoms with E-state index in [1.165, 1.54) is 4.31 Å². The highest BCUT2D eigenvalue weighted by molar-refractivity contribution is 7.89. The predicted octanol–water partition coefficient (Wildman–Crippen LogP) is 4.12. The molecule has 2 heterocycles. The maximum Gasteiger partial charge on any atom is 0.265 e. The van der Waals surface area contributed by atoms with Crippen molar-refractivity contribution in [1.29, 1.82) is 0 Å². The average Bonchev–Trinajstić information content (AvgIpc) is 3.41. The SMILES string of the molecule is COc1ccc(-n2c(CCN(CCC3CCCN3C)S(=O)(=O)c3ccc(OC)cc3)nc3ccccc3c2=O)cc1. The molecule has 4 aromatic rings. The summed E-state index contributed by atoms with van der Waals surface area (Å²) in [6, 6.07) is 21.2. The van der Waals surface area contributed by atoms with Gasteiger partial charge < -0.3 is 14.4 Å². The number of methoxy groups -OCH3 is 2. The summed E-state index contributed by atoms with van der Waals surface area (Å²) in [4.78, 5) is 21.0. The van der Waals surface area contributed by atoms with E-state index < -0.39 is 10.0 Å². The zero-order valence-corrected chi connectivity index (χ0v) is 24.5. The van der Waals surface area contributed by atoms with Gasteiger partial charge in [0.2, 0.25) is 10.0 Å². The number of likely N-dealkylation sites (tertiary alicyclic amines) is 1. The van der Waals surface area contributed by atoms with E-state index in [0.717, 1.165) is 25.8 Å². The minimum absolute atomic E-state index is 0.172. The van der Waals surface area contributed by atoms with Gasteiger partial charge in [-0.25, -0.2) is 13.4 Å². The Kier molecular flexibility index (Phi) is 8.72. The van der Waals surface area contributed by atoms with Gasteiger partial charge in [-0.2, -0.15) is 4.31 Å². The summed E-state index contributed by atoms with van der Waals surface area (Å²) in [7, 11) is 1.41. The summed E-state index contributed by atoms with van der Waals surface area (Å²) in [5.74, 6) is 1.75. The lowest BCUT2D eigenvalue weighted by Crippen LogP contribution is -2.38. The Bertz CT molecular complexity index is 1650. The molecule has 0 amide bonds. The molecular formula is C31H36N4O5S. The van der Waals surface area contributed by atoms with Crippen molar-refractivity contribution < 1.29 is 17.9 Å². The molecule has 216 valence electrons. The molecule has 1 saturated heterocycles. The number of ether oxygens (including phenoxy) is 2. The first kappa shape index (κ1) is 28.8. The van der Waals surface area contributed by atoms with Crippen LogP contribution in [0.1, 0.15) is 25.1 Å². The van der Waals surface area contributed by atoms with Crippen molar-refractivity contribution in [2.75, 3.05) is 40.9 Å². The Balaban J connectivity index is 1.51. The predicted molar refractivity (Wildman–Crippen MR) is 160 cm³/mol. The average molecular weight is 577 g/mol.